The molecule has 0 aliphatic rings. The number of rotatable bonds is 4. The molecule has 0 aromatic carbocycles. The van der Waals surface area contributed by atoms with E-state index in [-0.39, 0.29) is 6.04 Å². The second-order valence-electron chi connectivity index (χ2n) is 4.39. The van der Waals surface area contributed by atoms with Crippen LogP contribution in [0.3, 0.4) is 0 Å². The molecule has 3 aromatic heterocycles. The zero-order valence-electron chi connectivity index (χ0n) is 10.6. The van der Waals surface area contributed by atoms with Gasteiger partial charge < -0.3 is 4.57 Å². The van der Waals surface area contributed by atoms with Crippen LogP contribution in [-0.4, -0.2) is 20.4 Å². The Morgan fingerprint density at radius 3 is 3.05 bits per heavy atom. The van der Waals surface area contributed by atoms with E-state index in [4.69, 9.17) is 11.6 Å². The summed E-state index contributed by atoms with van der Waals surface area (Å²) in [5, 5.41) is 2.10. The molecule has 3 nitrogen and oxygen atoms in total. The Kier molecular flexibility index (Phi) is 3.53. The van der Waals surface area contributed by atoms with E-state index in [1.807, 2.05) is 18.5 Å². The lowest BCUT2D eigenvalue weighted by atomic mass is 10.2. The number of fused-ring (bicyclic) bond motifs is 1. The number of aromatic nitrogens is 3. The number of halogens is 1. The third-order valence-corrected chi connectivity index (χ3v) is 4.46. The summed E-state index contributed by atoms with van der Waals surface area (Å²) in [5.41, 5.74) is 2.06. The fraction of sp³-hybridized carbons (Fsp3) is 0.286. The van der Waals surface area contributed by atoms with Crippen LogP contribution in [0.4, 0.5) is 0 Å². The standard InChI is InChI=1S/C14H14ClN3S/c1-10(13-3-2-8-19-13)18-12-5-7-16-9-11(12)17-14(18)4-6-15/h2-3,5,7-10H,4,6H2,1H3. The molecule has 5 heteroatoms. The van der Waals surface area contributed by atoms with Gasteiger partial charge in [0.1, 0.15) is 11.3 Å². The van der Waals surface area contributed by atoms with Crippen LogP contribution >= 0.6 is 22.9 Å². The fourth-order valence-corrected chi connectivity index (χ4v) is 3.29. The smallest absolute Gasteiger partial charge is 0.111 e. The van der Waals surface area contributed by atoms with E-state index < -0.39 is 0 Å². The Bertz CT molecular complexity index is 675. The largest absolute Gasteiger partial charge is 0.320 e. The molecule has 19 heavy (non-hydrogen) atoms. The summed E-state index contributed by atoms with van der Waals surface area (Å²) in [6, 6.07) is 6.53. The first-order chi connectivity index (χ1) is 9.31. The minimum absolute atomic E-state index is 0.269. The predicted molar refractivity (Wildman–Crippen MR) is 80.1 cm³/mol. The van der Waals surface area contributed by atoms with E-state index in [0.29, 0.717) is 5.88 Å². The van der Waals surface area contributed by atoms with Crippen LogP contribution in [0.2, 0.25) is 0 Å². The number of nitrogens with zero attached hydrogens (tertiary/aromatic N) is 3. The molecule has 98 valence electrons. The number of imidazole rings is 1. The highest BCUT2D eigenvalue weighted by Crippen LogP contribution is 2.28. The molecule has 0 amide bonds. The lowest BCUT2D eigenvalue weighted by molar-refractivity contribution is 0.633. The molecule has 3 aromatic rings. The molecule has 0 saturated carbocycles. The topological polar surface area (TPSA) is 30.7 Å². The summed E-state index contributed by atoms with van der Waals surface area (Å²) in [6.45, 7) is 2.20. The molecule has 1 atom stereocenters. The molecule has 3 heterocycles. The van der Waals surface area contributed by atoms with Gasteiger partial charge in [0.15, 0.2) is 0 Å². The van der Waals surface area contributed by atoms with Crippen LogP contribution in [-0.2, 0) is 6.42 Å². The number of alkyl halides is 1. The van der Waals surface area contributed by atoms with Gasteiger partial charge in [0.2, 0.25) is 0 Å². The maximum Gasteiger partial charge on any atom is 0.111 e. The van der Waals surface area contributed by atoms with Crippen molar-refractivity contribution in [3.05, 3.63) is 46.7 Å². The molecule has 0 aliphatic heterocycles. The summed E-state index contributed by atoms with van der Waals surface area (Å²) in [4.78, 5) is 10.1. The van der Waals surface area contributed by atoms with Gasteiger partial charge in [-0.2, -0.15) is 0 Å². The van der Waals surface area contributed by atoms with Gasteiger partial charge in [-0.3, -0.25) is 4.98 Å². The summed E-state index contributed by atoms with van der Waals surface area (Å²) in [5.74, 6) is 1.60. The van der Waals surface area contributed by atoms with E-state index in [0.717, 1.165) is 23.3 Å². The Morgan fingerprint density at radius 2 is 2.32 bits per heavy atom. The van der Waals surface area contributed by atoms with Crippen LogP contribution < -0.4 is 0 Å². The molecular formula is C14H14ClN3S. The van der Waals surface area contributed by atoms with Gasteiger partial charge in [0, 0.05) is 23.4 Å². The zero-order chi connectivity index (χ0) is 13.2. The third-order valence-electron chi connectivity index (χ3n) is 3.23. The molecule has 0 aliphatic carbocycles. The Hall–Kier alpha value is -1.39. The molecule has 1 unspecified atom stereocenters. The zero-order valence-corrected chi connectivity index (χ0v) is 12.2. The first-order valence-electron chi connectivity index (χ1n) is 6.21. The Morgan fingerprint density at radius 1 is 1.42 bits per heavy atom. The number of pyridine rings is 1. The van der Waals surface area contributed by atoms with Gasteiger partial charge in [0.25, 0.3) is 0 Å². The van der Waals surface area contributed by atoms with Crippen LogP contribution in [0.1, 0.15) is 23.7 Å². The van der Waals surface area contributed by atoms with Crippen LogP contribution in [0.25, 0.3) is 11.0 Å². The molecular weight excluding hydrogens is 278 g/mol. The van der Waals surface area contributed by atoms with Crippen molar-refractivity contribution in [3.8, 4) is 0 Å². The van der Waals surface area contributed by atoms with Crippen LogP contribution in [0.5, 0.6) is 0 Å². The van der Waals surface area contributed by atoms with Gasteiger partial charge in [-0.05, 0) is 24.4 Å². The number of aryl methyl sites for hydroxylation is 1. The van der Waals surface area contributed by atoms with Gasteiger partial charge in [0.05, 0.1) is 17.8 Å². The molecule has 0 radical (unpaired) electrons. The average molecular weight is 292 g/mol. The predicted octanol–water partition coefficient (Wildman–Crippen LogP) is 3.88. The maximum atomic E-state index is 5.90. The van der Waals surface area contributed by atoms with Crippen molar-refractivity contribution in [2.75, 3.05) is 5.88 Å². The first kappa shape index (κ1) is 12.6. The molecule has 3 rings (SSSR count). The summed E-state index contributed by atoms with van der Waals surface area (Å²) in [7, 11) is 0. The van der Waals surface area contributed by atoms with E-state index in [1.165, 1.54) is 4.88 Å². The van der Waals surface area contributed by atoms with Gasteiger partial charge in [-0.1, -0.05) is 6.07 Å². The molecule has 0 fully saturated rings. The van der Waals surface area contributed by atoms with E-state index in [9.17, 15) is 0 Å². The van der Waals surface area contributed by atoms with Gasteiger partial charge in [-0.25, -0.2) is 4.98 Å². The van der Waals surface area contributed by atoms with Gasteiger partial charge in [-0.15, -0.1) is 22.9 Å². The number of thiophene rings is 1. The lowest BCUT2D eigenvalue weighted by Gasteiger charge is -2.16. The quantitative estimate of drug-likeness (QED) is 0.683. The van der Waals surface area contributed by atoms with Gasteiger partial charge >= 0.3 is 0 Å². The number of hydrogen-bond acceptors (Lipinski definition) is 3. The summed E-state index contributed by atoms with van der Waals surface area (Å²) in [6.07, 6.45) is 4.39. The normalized spacial score (nSPS) is 12.9. The lowest BCUT2D eigenvalue weighted by Crippen LogP contribution is -2.10. The first-order valence-corrected chi connectivity index (χ1v) is 7.63. The SMILES string of the molecule is CC(c1cccs1)n1c(CCCl)nc2cnccc21. The molecule has 0 saturated heterocycles. The van der Waals surface area contributed by atoms with Crippen LogP contribution in [0, 0.1) is 0 Å². The van der Waals surface area contributed by atoms with Crippen molar-refractivity contribution < 1.29 is 0 Å². The summed E-state index contributed by atoms with van der Waals surface area (Å²) >= 11 is 7.67. The minimum Gasteiger partial charge on any atom is -0.320 e. The maximum absolute atomic E-state index is 5.90. The van der Waals surface area contributed by atoms with Crippen molar-refractivity contribution >= 4 is 34.0 Å². The van der Waals surface area contributed by atoms with Crippen molar-refractivity contribution in [3.63, 3.8) is 0 Å². The second-order valence-corrected chi connectivity index (χ2v) is 5.75. The molecule has 0 bridgehead atoms. The van der Waals surface area contributed by atoms with Crippen molar-refractivity contribution in [2.24, 2.45) is 0 Å². The highest BCUT2D eigenvalue weighted by Gasteiger charge is 2.17. The summed E-state index contributed by atoms with van der Waals surface area (Å²) < 4.78 is 2.27. The monoisotopic (exact) mass is 291 g/mol. The molecule has 0 spiro atoms. The van der Waals surface area contributed by atoms with E-state index in [1.54, 1.807) is 11.3 Å². The Labute approximate surface area is 120 Å². The van der Waals surface area contributed by atoms with Crippen LogP contribution in [0.15, 0.2) is 36.0 Å². The van der Waals surface area contributed by atoms with E-state index >= 15 is 0 Å². The third kappa shape index (κ3) is 2.26. The average Bonchev–Trinajstić information content (AvgIpc) is 3.06. The highest BCUT2D eigenvalue weighted by molar-refractivity contribution is 7.10. The fourth-order valence-electron chi connectivity index (χ4n) is 2.35. The second kappa shape index (κ2) is 5.31. The van der Waals surface area contributed by atoms with Crippen molar-refractivity contribution in [2.45, 2.75) is 19.4 Å². The Balaban J connectivity index is 2.17. The van der Waals surface area contributed by atoms with Crippen molar-refractivity contribution in [1.82, 2.24) is 14.5 Å². The highest BCUT2D eigenvalue weighted by atomic mass is 35.5. The van der Waals surface area contributed by atoms with Crippen molar-refractivity contribution in [1.29, 1.82) is 0 Å². The molecule has 0 N–H and O–H groups in total. The number of hydrogen-bond donors (Lipinski definition) is 0. The van der Waals surface area contributed by atoms with E-state index in [2.05, 4.69) is 39.0 Å². The minimum atomic E-state index is 0.269.